The lowest BCUT2D eigenvalue weighted by atomic mass is 10.1. The summed E-state index contributed by atoms with van der Waals surface area (Å²) < 4.78 is 39.5. The Morgan fingerprint density at radius 3 is 2.40 bits per heavy atom. The highest BCUT2D eigenvalue weighted by atomic mass is 19.4. The van der Waals surface area contributed by atoms with E-state index in [2.05, 4.69) is 4.74 Å². The van der Waals surface area contributed by atoms with Crippen LogP contribution in [0.15, 0.2) is 24.3 Å². The summed E-state index contributed by atoms with van der Waals surface area (Å²) in [5.41, 5.74) is -0.0997. The number of ether oxygens (including phenoxy) is 1. The van der Waals surface area contributed by atoms with Crippen molar-refractivity contribution in [1.29, 1.82) is 0 Å². The summed E-state index contributed by atoms with van der Waals surface area (Å²) in [5, 5.41) is 17.8. The van der Waals surface area contributed by atoms with Crippen molar-refractivity contribution in [2.45, 2.75) is 12.5 Å². The van der Waals surface area contributed by atoms with Gasteiger partial charge in [0.2, 0.25) is 0 Å². The Bertz CT molecular complexity index is 325. The fourth-order valence-corrected chi connectivity index (χ4v) is 1.07. The first-order chi connectivity index (χ1) is 6.94. The summed E-state index contributed by atoms with van der Waals surface area (Å²) in [6, 6.07) is 5.11. The molecule has 1 unspecified atom stereocenters. The lowest BCUT2D eigenvalue weighted by molar-refractivity contribution is -0.275. The molecule has 15 heavy (non-hydrogen) atoms. The van der Waals surface area contributed by atoms with Crippen LogP contribution in [-0.2, 0) is 0 Å². The molecule has 0 aliphatic heterocycles. The molecule has 0 aliphatic carbocycles. The van der Waals surface area contributed by atoms with Crippen molar-refractivity contribution in [2.24, 2.45) is 0 Å². The number of para-hydroxylation sites is 1. The third-order valence-electron chi connectivity index (χ3n) is 1.68. The molecule has 6 heteroatoms. The number of hydrogen-bond acceptors (Lipinski definition) is 3. The van der Waals surface area contributed by atoms with Crippen LogP contribution in [-0.4, -0.2) is 23.2 Å². The van der Waals surface area contributed by atoms with Crippen LogP contribution in [0, 0.1) is 0 Å². The molecule has 1 rings (SSSR count). The SMILES string of the molecule is OCC(O)c1ccccc1OC(F)(F)F. The number of aliphatic hydroxyl groups excluding tert-OH is 2. The highest BCUT2D eigenvalue weighted by molar-refractivity contribution is 5.35. The number of aliphatic hydroxyl groups is 2. The van der Waals surface area contributed by atoms with Crippen LogP contribution in [0.5, 0.6) is 5.75 Å². The smallest absolute Gasteiger partial charge is 0.405 e. The molecule has 3 nitrogen and oxygen atoms in total. The van der Waals surface area contributed by atoms with Crippen molar-refractivity contribution >= 4 is 0 Å². The number of alkyl halides is 3. The zero-order chi connectivity index (χ0) is 11.5. The van der Waals surface area contributed by atoms with Crippen LogP contribution in [0.3, 0.4) is 0 Å². The molecule has 1 atom stereocenters. The largest absolute Gasteiger partial charge is 0.573 e. The van der Waals surface area contributed by atoms with Gasteiger partial charge in [-0.3, -0.25) is 0 Å². The van der Waals surface area contributed by atoms with Crippen LogP contribution in [0.2, 0.25) is 0 Å². The summed E-state index contributed by atoms with van der Waals surface area (Å²) in [4.78, 5) is 0. The van der Waals surface area contributed by atoms with Crippen LogP contribution >= 0.6 is 0 Å². The number of halogens is 3. The maximum Gasteiger partial charge on any atom is 0.573 e. The first-order valence-electron chi connectivity index (χ1n) is 4.07. The van der Waals surface area contributed by atoms with Gasteiger partial charge in [-0.05, 0) is 6.07 Å². The average molecular weight is 222 g/mol. The summed E-state index contributed by atoms with van der Waals surface area (Å²) in [5.74, 6) is -0.508. The van der Waals surface area contributed by atoms with Crippen molar-refractivity contribution in [2.75, 3.05) is 6.61 Å². The third kappa shape index (κ3) is 3.41. The van der Waals surface area contributed by atoms with Gasteiger partial charge in [0.15, 0.2) is 0 Å². The summed E-state index contributed by atoms with van der Waals surface area (Å²) in [6.45, 7) is -0.668. The molecule has 1 aromatic carbocycles. The van der Waals surface area contributed by atoms with Gasteiger partial charge in [-0.1, -0.05) is 18.2 Å². The molecule has 84 valence electrons. The lowest BCUT2D eigenvalue weighted by Crippen LogP contribution is -2.19. The van der Waals surface area contributed by atoms with E-state index in [1.165, 1.54) is 18.2 Å². The molecule has 0 aromatic heterocycles. The van der Waals surface area contributed by atoms with Gasteiger partial charge < -0.3 is 14.9 Å². The van der Waals surface area contributed by atoms with Crippen molar-refractivity contribution in [3.63, 3.8) is 0 Å². The molecule has 0 bridgehead atoms. The highest BCUT2D eigenvalue weighted by Gasteiger charge is 2.32. The second-order valence-electron chi connectivity index (χ2n) is 2.78. The van der Waals surface area contributed by atoms with Crippen LogP contribution in [0.4, 0.5) is 13.2 Å². The maximum absolute atomic E-state index is 11.9. The Hall–Kier alpha value is -1.27. The predicted octanol–water partition coefficient (Wildman–Crippen LogP) is 1.61. The molecule has 0 saturated heterocycles. The second-order valence-corrected chi connectivity index (χ2v) is 2.78. The number of benzene rings is 1. The molecule has 0 amide bonds. The Balaban J connectivity index is 2.96. The van der Waals surface area contributed by atoms with Gasteiger partial charge in [0.1, 0.15) is 11.9 Å². The zero-order valence-electron chi connectivity index (χ0n) is 7.53. The maximum atomic E-state index is 11.9. The van der Waals surface area contributed by atoms with Crippen molar-refractivity contribution in [1.82, 2.24) is 0 Å². The molecular formula is C9H9F3O3. The Labute approximate surface area is 83.7 Å². The zero-order valence-corrected chi connectivity index (χ0v) is 7.53. The van der Waals surface area contributed by atoms with Gasteiger partial charge in [0.05, 0.1) is 6.61 Å². The van der Waals surface area contributed by atoms with Gasteiger partial charge in [0.25, 0.3) is 0 Å². The van der Waals surface area contributed by atoms with Gasteiger partial charge in [0, 0.05) is 5.56 Å². The summed E-state index contributed by atoms with van der Waals surface area (Å²) in [6.07, 6.45) is -6.20. The first-order valence-corrected chi connectivity index (χ1v) is 4.07. The topological polar surface area (TPSA) is 49.7 Å². The van der Waals surface area contributed by atoms with Crippen LogP contribution < -0.4 is 4.74 Å². The summed E-state index contributed by atoms with van der Waals surface area (Å²) >= 11 is 0. The van der Waals surface area contributed by atoms with E-state index >= 15 is 0 Å². The minimum atomic E-state index is -4.81. The van der Waals surface area contributed by atoms with E-state index in [4.69, 9.17) is 5.11 Å². The molecular weight excluding hydrogens is 213 g/mol. The molecule has 0 fully saturated rings. The fourth-order valence-electron chi connectivity index (χ4n) is 1.07. The minimum absolute atomic E-state index is 0.0997. The van der Waals surface area contributed by atoms with E-state index in [9.17, 15) is 18.3 Å². The quantitative estimate of drug-likeness (QED) is 0.816. The monoisotopic (exact) mass is 222 g/mol. The Morgan fingerprint density at radius 1 is 1.27 bits per heavy atom. The van der Waals surface area contributed by atoms with E-state index in [0.717, 1.165) is 6.07 Å². The second kappa shape index (κ2) is 4.50. The van der Waals surface area contributed by atoms with E-state index in [1.807, 2.05) is 0 Å². The summed E-state index contributed by atoms with van der Waals surface area (Å²) in [7, 11) is 0. The molecule has 1 aromatic rings. The molecule has 0 aliphatic rings. The van der Waals surface area contributed by atoms with Gasteiger partial charge >= 0.3 is 6.36 Å². The average Bonchev–Trinajstić information content (AvgIpc) is 2.15. The standard InChI is InChI=1S/C9H9F3O3/c10-9(11,12)15-8-4-2-1-3-6(8)7(14)5-13/h1-4,7,13-14H,5H2. The number of rotatable bonds is 3. The van der Waals surface area contributed by atoms with Crippen LogP contribution in [0.25, 0.3) is 0 Å². The molecule has 0 saturated carbocycles. The number of hydrogen-bond donors (Lipinski definition) is 2. The Kier molecular flexibility index (Phi) is 3.54. The normalized spacial score (nSPS) is 13.7. The predicted molar refractivity (Wildman–Crippen MR) is 45.2 cm³/mol. The molecule has 0 heterocycles. The van der Waals surface area contributed by atoms with Gasteiger partial charge in [-0.15, -0.1) is 13.2 Å². The van der Waals surface area contributed by atoms with Crippen molar-refractivity contribution in [3.8, 4) is 5.75 Å². The van der Waals surface area contributed by atoms with E-state index in [1.54, 1.807) is 0 Å². The van der Waals surface area contributed by atoms with E-state index in [0.29, 0.717) is 0 Å². The van der Waals surface area contributed by atoms with Crippen LogP contribution in [0.1, 0.15) is 11.7 Å². The van der Waals surface area contributed by atoms with Crippen molar-refractivity contribution in [3.05, 3.63) is 29.8 Å². The lowest BCUT2D eigenvalue weighted by Gasteiger charge is -2.15. The first kappa shape index (κ1) is 11.8. The highest BCUT2D eigenvalue weighted by Crippen LogP contribution is 2.29. The van der Waals surface area contributed by atoms with E-state index < -0.39 is 24.8 Å². The molecule has 0 radical (unpaired) electrons. The van der Waals surface area contributed by atoms with Gasteiger partial charge in [-0.2, -0.15) is 0 Å². The van der Waals surface area contributed by atoms with Gasteiger partial charge in [-0.25, -0.2) is 0 Å². The van der Waals surface area contributed by atoms with E-state index in [-0.39, 0.29) is 5.56 Å². The third-order valence-corrected chi connectivity index (χ3v) is 1.68. The molecule has 2 N–H and O–H groups in total. The fraction of sp³-hybridized carbons (Fsp3) is 0.333. The Morgan fingerprint density at radius 2 is 1.87 bits per heavy atom. The molecule has 0 spiro atoms. The van der Waals surface area contributed by atoms with Crippen molar-refractivity contribution < 1.29 is 28.1 Å². The minimum Gasteiger partial charge on any atom is -0.405 e.